The summed E-state index contributed by atoms with van der Waals surface area (Å²) in [6.07, 6.45) is 1.04. The van der Waals surface area contributed by atoms with Crippen molar-refractivity contribution in [2.45, 2.75) is 19.0 Å². The van der Waals surface area contributed by atoms with E-state index >= 15 is 0 Å². The lowest BCUT2D eigenvalue weighted by Crippen LogP contribution is -2.38. The van der Waals surface area contributed by atoms with Crippen molar-refractivity contribution >= 4 is 0 Å². The monoisotopic (exact) mass is 239 g/mol. The molecular formula is C16H17NO. The van der Waals surface area contributed by atoms with Crippen molar-refractivity contribution in [3.05, 3.63) is 65.7 Å². The molecule has 0 spiro atoms. The van der Waals surface area contributed by atoms with Gasteiger partial charge in [-0.05, 0) is 23.6 Å². The first-order valence-corrected chi connectivity index (χ1v) is 6.40. The van der Waals surface area contributed by atoms with E-state index in [2.05, 4.69) is 41.7 Å². The summed E-state index contributed by atoms with van der Waals surface area (Å²) < 4.78 is 5.76. The minimum atomic E-state index is 0.403. The van der Waals surface area contributed by atoms with Gasteiger partial charge in [0.15, 0.2) is 0 Å². The molecule has 1 heterocycles. The van der Waals surface area contributed by atoms with E-state index in [4.69, 9.17) is 4.74 Å². The molecule has 0 aliphatic carbocycles. The number of rotatable bonds is 3. The van der Waals surface area contributed by atoms with Gasteiger partial charge in [0.25, 0.3) is 0 Å². The minimum absolute atomic E-state index is 0.403. The molecule has 0 aromatic heterocycles. The van der Waals surface area contributed by atoms with Crippen LogP contribution in [0.4, 0.5) is 0 Å². The number of hydrogen-bond acceptors (Lipinski definition) is 2. The summed E-state index contributed by atoms with van der Waals surface area (Å²) in [5, 5.41) is 3.55. The summed E-state index contributed by atoms with van der Waals surface area (Å²) in [6.45, 7) is 1.65. The van der Waals surface area contributed by atoms with E-state index in [1.54, 1.807) is 0 Å². The Hall–Kier alpha value is -1.80. The number of ether oxygens (including phenoxy) is 1. The Kier molecular flexibility index (Phi) is 3.29. The highest BCUT2D eigenvalue weighted by Crippen LogP contribution is 2.23. The molecule has 92 valence electrons. The van der Waals surface area contributed by atoms with Gasteiger partial charge in [-0.2, -0.15) is 0 Å². The fraction of sp³-hybridized carbons (Fsp3) is 0.250. The highest BCUT2D eigenvalue weighted by atomic mass is 16.5. The Morgan fingerprint density at radius 1 is 1.00 bits per heavy atom. The first-order valence-electron chi connectivity index (χ1n) is 6.40. The normalized spacial score (nSPS) is 17.9. The topological polar surface area (TPSA) is 21.3 Å². The van der Waals surface area contributed by atoms with Gasteiger partial charge in [0, 0.05) is 12.6 Å². The van der Waals surface area contributed by atoms with Crippen molar-refractivity contribution in [2.24, 2.45) is 0 Å². The summed E-state index contributed by atoms with van der Waals surface area (Å²) >= 11 is 0. The first-order chi connectivity index (χ1) is 8.92. The molecule has 0 saturated heterocycles. The molecule has 0 bridgehead atoms. The van der Waals surface area contributed by atoms with Gasteiger partial charge in [0.05, 0.1) is 0 Å². The minimum Gasteiger partial charge on any atom is -0.492 e. The van der Waals surface area contributed by atoms with Crippen LogP contribution in [0.2, 0.25) is 0 Å². The zero-order valence-electron chi connectivity index (χ0n) is 10.3. The van der Waals surface area contributed by atoms with Crippen molar-refractivity contribution < 1.29 is 4.74 Å². The predicted octanol–water partition coefficient (Wildman–Crippen LogP) is 2.78. The maximum Gasteiger partial charge on any atom is 0.122 e. The molecule has 1 atom stereocenters. The standard InChI is InChI=1S/C16H17NO/c1-2-6-13(7-3-1)11-17-15-10-14-8-4-5-9-16(14)18-12-15/h1-9,15,17H,10-12H2. The first kappa shape index (κ1) is 11.3. The molecule has 2 aromatic rings. The molecule has 3 rings (SSSR count). The highest BCUT2D eigenvalue weighted by molar-refractivity contribution is 5.35. The second kappa shape index (κ2) is 5.23. The molecule has 1 N–H and O–H groups in total. The van der Waals surface area contributed by atoms with Gasteiger partial charge in [-0.3, -0.25) is 0 Å². The Morgan fingerprint density at radius 2 is 1.78 bits per heavy atom. The molecule has 1 aliphatic rings. The zero-order valence-corrected chi connectivity index (χ0v) is 10.3. The van der Waals surface area contributed by atoms with Crippen LogP contribution in [0.3, 0.4) is 0 Å². The molecule has 0 amide bonds. The summed E-state index contributed by atoms with van der Waals surface area (Å²) in [6, 6.07) is 19.2. The van der Waals surface area contributed by atoms with E-state index < -0.39 is 0 Å². The maximum absolute atomic E-state index is 5.76. The second-order valence-corrected chi connectivity index (χ2v) is 4.69. The average molecular weight is 239 g/mol. The van der Waals surface area contributed by atoms with Gasteiger partial charge >= 0.3 is 0 Å². The van der Waals surface area contributed by atoms with Gasteiger partial charge in [0.2, 0.25) is 0 Å². The second-order valence-electron chi connectivity index (χ2n) is 4.69. The van der Waals surface area contributed by atoms with Gasteiger partial charge in [-0.1, -0.05) is 48.5 Å². The molecule has 2 nitrogen and oxygen atoms in total. The maximum atomic E-state index is 5.76. The molecular weight excluding hydrogens is 222 g/mol. The number of nitrogens with one attached hydrogen (secondary N) is 1. The van der Waals surface area contributed by atoms with Crippen LogP contribution in [0.5, 0.6) is 5.75 Å². The molecule has 1 aliphatic heterocycles. The number of benzene rings is 2. The Morgan fingerprint density at radius 3 is 2.67 bits per heavy atom. The Labute approximate surface area is 108 Å². The van der Waals surface area contributed by atoms with Crippen molar-refractivity contribution in [1.82, 2.24) is 5.32 Å². The molecule has 0 radical (unpaired) electrons. The quantitative estimate of drug-likeness (QED) is 0.889. The third kappa shape index (κ3) is 2.54. The molecule has 2 heteroatoms. The lowest BCUT2D eigenvalue weighted by molar-refractivity contribution is 0.238. The zero-order chi connectivity index (χ0) is 12.2. The van der Waals surface area contributed by atoms with E-state index in [1.807, 2.05) is 18.2 Å². The van der Waals surface area contributed by atoms with E-state index in [1.165, 1.54) is 11.1 Å². The summed E-state index contributed by atoms with van der Waals surface area (Å²) in [4.78, 5) is 0. The fourth-order valence-electron chi connectivity index (χ4n) is 2.32. The highest BCUT2D eigenvalue weighted by Gasteiger charge is 2.18. The molecule has 0 saturated carbocycles. The SMILES string of the molecule is c1ccc(CNC2COc3ccccc3C2)cc1. The Balaban J connectivity index is 1.60. The average Bonchev–Trinajstić information content (AvgIpc) is 2.46. The van der Waals surface area contributed by atoms with Crippen molar-refractivity contribution in [3.63, 3.8) is 0 Å². The van der Waals surface area contributed by atoms with Crippen molar-refractivity contribution in [3.8, 4) is 5.75 Å². The van der Waals surface area contributed by atoms with Crippen LogP contribution in [0.15, 0.2) is 54.6 Å². The van der Waals surface area contributed by atoms with E-state index in [9.17, 15) is 0 Å². The van der Waals surface area contributed by atoms with Crippen LogP contribution < -0.4 is 10.1 Å². The smallest absolute Gasteiger partial charge is 0.122 e. The summed E-state index contributed by atoms with van der Waals surface area (Å²) in [7, 11) is 0. The van der Waals surface area contributed by atoms with Crippen molar-refractivity contribution in [1.29, 1.82) is 0 Å². The van der Waals surface area contributed by atoms with Gasteiger partial charge in [-0.25, -0.2) is 0 Å². The third-order valence-corrected chi connectivity index (χ3v) is 3.32. The van der Waals surface area contributed by atoms with Gasteiger partial charge in [-0.15, -0.1) is 0 Å². The van der Waals surface area contributed by atoms with E-state index in [0.29, 0.717) is 6.04 Å². The number of hydrogen-bond donors (Lipinski definition) is 1. The number of para-hydroxylation sites is 1. The molecule has 2 aromatic carbocycles. The molecule has 18 heavy (non-hydrogen) atoms. The van der Waals surface area contributed by atoms with Crippen molar-refractivity contribution in [2.75, 3.05) is 6.61 Å². The predicted molar refractivity (Wildman–Crippen MR) is 72.7 cm³/mol. The molecule has 0 fully saturated rings. The van der Waals surface area contributed by atoms with Crippen LogP contribution in [-0.2, 0) is 13.0 Å². The van der Waals surface area contributed by atoms with Gasteiger partial charge in [0.1, 0.15) is 12.4 Å². The van der Waals surface area contributed by atoms with Crippen LogP contribution in [-0.4, -0.2) is 12.6 Å². The largest absolute Gasteiger partial charge is 0.492 e. The molecule has 1 unspecified atom stereocenters. The van der Waals surface area contributed by atoms with Crippen LogP contribution in [0, 0.1) is 0 Å². The summed E-state index contributed by atoms with van der Waals surface area (Å²) in [5.41, 5.74) is 2.62. The van der Waals surface area contributed by atoms with E-state index in [-0.39, 0.29) is 0 Å². The van der Waals surface area contributed by atoms with Crippen LogP contribution in [0.25, 0.3) is 0 Å². The lowest BCUT2D eigenvalue weighted by Gasteiger charge is -2.26. The summed E-state index contributed by atoms with van der Waals surface area (Å²) in [5.74, 6) is 1.04. The van der Waals surface area contributed by atoms with E-state index in [0.717, 1.165) is 25.3 Å². The fourth-order valence-corrected chi connectivity index (χ4v) is 2.32. The Bertz CT molecular complexity index is 510. The van der Waals surface area contributed by atoms with Gasteiger partial charge < -0.3 is 10.1 Å². The van der Waals surface area contributed by atoms with Crippen LogP contribution >= 0.6 is 0 Å². The third-order valence-electron chi connectivity index (χ3n) is 3.32. The lowest BCUT2D eigenvalue weighted by atomic mass is 10.0. The van der Waals surface area contributed by atoms with Crippen LogP contribution in [0.1, 0.15) is 11.1 Å². The number of fused-ring (bicyclic) bond motifs is 1.